The first-order chi connectivity index (χ1) is 17.1. The zero-order valence-electron chi connectivity index (χ0n) is 20.8. The maximum Gasteiger partial charge on any atom is 0.248 e. The highest BCUT2D eigenvalue weighted by molar-refractivity contribution is 7.89. The highest BCUT2D eigenvalue weighted by Crippen LogP contribution is 2.30. The van der Waals surface area contributed by atoms with Crippen LogP contribution in [0.15, 0.2) is 45.8 Å². The van der Waals surface area contributed by atoms with E-state index in [-0.39, 0.29) is 35.3 Å². The van der Waals surface area contributed by atoms with E-state index in [2.05, 4.69) is 22.6 Å². The van der Waals surface area contributed by atoms with Crippen molar-refractivity contribution in [2.45, 2.75) is 45.4 Å². The molecule has 0 unspecified atom stereocenters. The molecular formula is C27H30FN3O4S. The number of rotatable bonds is 6. The van der Waals surface area contributed by atoms with Gasteiger partial charge in [-0.05, 0) is 81.5 Å². The molecule has 0 saturated carbocycles. The van der Waals surface area contributed by atoms with Crippen LogP contribution in [-0.4, -0.2) is 36.9 Å². The minimum Gasteiger partial charge on any atom is -0.355 e. The molecule has 2 heterocycles. The van der Waals surface area contributed by atoms with E-state index in [1.54, 1.807) is 19.1 Å². The molecular weight excluding hydrogens is 481 g/mol. The molecule has 2 aromatic carbocycles. The van der Waals surface area contributed by atoms with Gasteiger partial charge in [0.15, 0.2) is 10.7 Å². The molecule has 190 valence electrons. The highest BCUT2D eigenvalue weighted by atomic mass is 32.2. The summed E-state index contributed by atoms with van der Waals surface area (Å²) >= 11 is 0. The number of anilines is 1. The molecule has 1 atom stereocenters. The fraction of sp³-hybridized carbons (Fsp3) is 0.333. The third-order valence-electron chi connectivity index (χ3n) is 6.42. The number of hydrogen-bond donors (Lipinski definition) is 1. The van der Waals surface area contributed by atoms with Gasteiger partial charge in [0.2, 0.25) is 15.9 Å². The van der Waals surface area contributed by atoms with Gasteiger partial charge in [-0.25, -0.2) is 12.8 Å². The first-order valence-electron chi connectivity index (χ1n) is 11.8. The molecule has 36 heavy (non-hydrogen) atoms. The predicted molar refractivity (Wildman–Crippen MR) is 137 cm³/mol. The van der Waals surface area contributed by atoms with Crippen LogP contribution in [0.2, 0.25) is 0 Å². The summed E-state index contributed by atoms with van der Waals surface area (Å²) in [7, 11) is -3.97. The fourth-order valence-electron chi connectivity index (χ4n) is 4.73. The van der Waals surface area contributed by atoms with E-state index >= 15 is 0 Å². The average molecular weight is 512 g/mol. The third kappa shape index (κ3) is 5.42. The summed E-state index contributed by atoms with van der Waals surface area (Å²) in [6.45, 7) is 7.94. The minimum atomic E-state index is -3.97. The Balaban J connectivity index is 1.56. The van der Waals surface area contributed by atoms with Crippen LogP contribution in [-0.2, 0) is 14.8 Å². The summed E-state index contributed by atoms with van der Waals surface area (Å²) in [5.41, 5.74) is 4.90. The van der Waals surface area contributed by atoms with Gasteiger partial charge < -0.3 is 9.84 Å². The Bertz CT molecular complexity index is 1410. The maximum absolute atomic E-state index is 13.7. The molecule has 1 aromatic heterocycles. The van der Waals surface area contributed by atoms with Gasteiger partial charge in [-0.1, -0.05) is 35.0 Å². The molecule has 1 N–H and O–H groups in total. The number of piperidine rings is 1. The van der Waals surface area contributed by atoms with Crippen LogP contribution >= 0.6 is 0 Å². The molecule has 0 radical (unpaired) electrons. The molecule has 1 aliphatic heterocycles. The van der Waals surface area contributed by atoms with E-state index in [1.807, 2.05) is 26.8 Å². The largest absolute Gasteiger partial charge is 0.355 e. The fourth-order valence-corrected chi connectivity index (χ4v) is 6.50. The van der Waals surface area contributed by atoms with E-state index < -0.39 is 21.8 Å². The van der Waals surface area contributed by atoms with Gasteiger partial charge in [0.1, 0.15) is 11.5 Å². The van der Waals surface area contributed by atoms with Gasteiger partial charge in [-0.15, -0.1) is 0 Å². The van der Waals surface area contributed by atoms with E-state index in [9.17, 15) is 17.6 Å². The summed E-state index contributed by atoms with van der Waals surface area (Å²) < 4.78 is 47.5. The van der Waals surface area contributed by atoms with Gasteiger partial charge in [0, 0.05) is 18.8 Å². The number of amides is 1. The summed E-state index contributed by atoms with van der Waals surface area (Å²) in [6, 6.07) is 9.75. The number of sulfonamides is 1. The lowest BCUT2D eigenvalue weighted by Crippen LogP contribution is -2.43. The highest BCUT2D eigenvalue weighted by Gasteiger charge is 2.37. The normalized spacial score (nSPS) is 17.0. The van der Waals surface area contributed by atoms with Crippen molar-refractivity contribution in [3.8, 4) is 0 Å². The quantitative estimate of drug-likeness (QED) is 0.488. The zero-order valence-corrected chi connectivity index (χ0v) is 21.7. The van der Waals surface area contributed by atoms with Crippen LogP contribution in [0, 0.1) is 39.4 Å². The number of carbonyl (C=O) groups excluding carboxylic acids is 1. The SMILES string of the molecule is Cc1cc(C)c(/C=C/c2onc(C)c2S(=O)(=O)N2CCC[C@H](C(=O)Nc3cccc(F)c3)C2)c(C)c1. The third-order valence-corrected chi connectivity index (χ3v) is 8.44. The van der Waals surface area contributed by atoms with Crippen molar-refractivity contribution >= 4 is 33.8 Å². The molecule has 1 fully saturated rings. The van der Waals surface area contributed by atoms with Crippen molar-refractivity contribution in [1.29, 1.82) is 0 Å². The second-order valence-corrected chi connectivity index (χ2v) is 11.2. The molecule has 0 aliphatic carbocycles. The molecule has 1 aliphatic rings. The Morgan fingerprint density at radius 2 is 1.86 bits per heavy atom. The second-order valence-electron chi connectivity index (χ2n) is 9.31. The number of hydrogen-bond acceptors (Lipinski definition) is 5. The van der Waals surface area contributed by atoms with Crippen molar-refractivity contribution < 1.29 is 22.1 Å². The van der Waals surface area contributed by atoms with Crippen LogP contribution in [0.1, 0.15) is 46.5 Å². The van der Waals surface area contributed by atoms with E-state index in [1.165, 1.54) is 22.5 Å². The standard InChI is InChI=1S/C27H30FN3O4S/c1-17-13-18(2)24(19(3)14-17)10-11-25-26(20(4)30-35-25)36(33,34)31-12-6-7-21(16-31)27(32)29-23-9-5-8-22(28)15-23/h5,8-11,13-15,21H,6-7,12,16H2,1-4H3,(H,29,32)/b11-10+/t21-/m0/s1. The second kappa shape index (κ2) is 10.4. The Hall–Kier alpha value is -3.30. The number of carbonyl (C=O) groups is 1. The monoisotopic (exact) mass is 511 g/mol. The molecule has 4 rings (SSSR count). The van der Waals surface area contributed by atoms with Crippen LogP contribution in [0.3, 0.4) is 0 Å². The molecule has 9 heteroatoms. The van der Waals surface area contributed by atoms with Gasteiger partial charge in [-0.3, -0.25) is 4.79 Å². The van der Waals surface area contributed by atoms with Crippen LogP contribution in [0.5, 0.6) is 0 Å². The number of halogens is 1. The number of nitrogens with zero attached hydrogens (tertiary/aromatic N) is 2. The molecule has 0 spiro atoms. The zero-order chi connectivity index (χ0) is 26.0. The van der Waals surface area contributed by atoms with E-state index in [0.717, 1.165) is 22.3 Å². The lowest BCUT2D eigenvalue weighted by atomic mass is 9.99. The topological polar surface area (TPSA) is 92.5 Å². The van der Waals surface area contributed by atoms with Crippen LogP contribution in [0.25, 0.3) is 12.2 Å². The van der Waals surface area contributed by atoms with Gasteiger partial charge >= 0.3 is 0 Å². The summed E-state index contributed by atoms with van der Waals surface area (Å²) in [5.74, 6) is -1.21. The number of aryl methyl sites for hydroxylation is 4. The average Bonchev–Trinajstić information content (AvgIpc) is 3.19. The Labute approximate surface area is 211 Å². The molecule has 0 bridgehead atoms. The number of benzene rings is 2. The van der Waals surface area contributed by atoms with Gasteiger partial charge in [0.25, 0.3) is 0 Å². The molecule has 1 amide bonds. The summed E-state index contributed by atoms with van der Waals surface area (Å²) in [5, 5.41) is 6.61. The minimum absolute atomic E-state index is 0.00681. The number of aromatic nitrogens is 1. The number of nitrogens with one attached hydrogen (secondary N) is 1. The van der Waals surface area contributed by atoms with Crippen molar-refractivity contribution in [1.82, 2.24) is 9.46 Å². The molecule has 3 aromatic rings. The lowest BCUT2D eigenvalue weighted by Gasteiger charge is -2.31. The van der Waals surface area contributed by atoms with Crippen molar-refractivity contribution in [3.05, 3.63) is 75.9 Å². The first-order valence-corrected chi connectivity index (χ1v) is 13.3. The van der Waals surface area contributed by atoms with Crippen molar-refractivity contribution in [2.75, 3.05) is 18.4 Å². The maximum atomic E-state index is 13.7. The van der Waals surface area contributed by atoms with Gasteiger partial charge in [-0.2, -0.15) is 4.31 Å². The van der Waals surface area contributed by atoms with Crippen molar-refractivity contribution in [2.24, 2.45) is 5.92 Å². The molecule has 7 nitrogen and oxygen atoms in total. The van der Waals surface area contributed by atoms with E-state index in [4.69, 9.17) is 4.52 Å². The molecule has 1 saturated heterocycles. The Morgan fingerprint density at radius 1 is 1.14 bits per heavy atom. The predicted octanol–water partition coefficient (Wildman–Crippen LogP) is 5.26. The smallest absolute Gasteiger partial charge is 0.248 e. The summed E-state index contributed by atoms with van der Waals surface area (Å²) in [6.07, 6.45) is 4.54. The Morgan fingerprint density at radius 3 is 2.56 bits per heavy atom. The van der Waals surface area contributed by atoms with E-state index in [0.29, 0.717) is 18.5 Å². The summed E-state index contributed by atoms with van der Waals surface area (Å²) in [4.78, 5) is 12.8. The van der Waals surface area contributed by atoms with Crippen molar-refractivity contribution in [3.63, 3.8) is 0 Å². The van der Waals surface area contributed by atoms with Gasteiger partial charge in [0.05, 0.1) is 5.92 Å². The Kier molecular flexibility index (Phi) is 7.42. The van der Waals surface area contributed by atoms with Crippen LogP contribution < -0.4 is 5.32 Å². The lowest BCUT2D eigenvalue weighted by molar-refractivity contribution is -0.120. The van der Waals surface area contributed by atoms with Crippen LogP contribution in [0.4, 0.5) is 10.1 Å². The first kappa shape index (κ1) is 25.8.